The number of rotatable bonds is 8. The van der Waals surface area contributed by atoms with Crippen LogP contribution in [0.1, 0.15) is 35.6 Å². The maximum atomic E-state index is 12.5. The van der Waals surface area contributed by atoms with Gasteiger partial charge in [-0.05, 0) is 36.2 Å². The van der Waals surface area contributed by atoms with E-state index in [1.165, 1.54) is 16.0 Å². The zero-order valence-corrected chi connectivity index (χ0v) is 22.6. The quantitative estimate of drug-likeness (QED) is 0.228. The van der Waals surface area contributed by atoms with Gasteiger partial charge in [0.2, 0.25) is 5.13 Å². The van der Waals surface area contributed by atoms with E-state index in [1.54, 1.807) is 37.9 Å². The van der Waals surface area contributed by atoms with Gasteiger partial charge in [-0.25, -0.2) is 9.78 Å². The number of methoxy groups -OCH3 is 1. The molecule has 0 saturated carbocycles. The Morgan fingerprint density at radius 2 is 1.94 bits per heavy atom. The molecule has 4 aromatic rings. The van der Waals surface area contributed by atoms with Crippen LogP contribution in [0.25, 0.3) is 27.5 Å². The van der Waals surface area contributed by atoms with Gasteiger partial charge in [0.1, 0.15) is 0 Å². The number of halogens is 2. The summed E-state index contributed by atoms with van der Waals surface area (Å²) in [7, 11) is 1.62. The van der Waals surface area contributed by atoms with Crippen LogP contribution >= 0.6 is 46.3 Å². The Morgan fingerprint density at radius 1 is 1.17 bits per heavy atom. The summed E-state index contributed by atoms with van der Waals surface area (Å²) in [5, 5.41) is 16.5. The van der Waals surface area contributed by atoms with Gasteiger partial charge < -0.3 is 9.84 Å². The van der Waals surface area contributed by atoms with Crippen LogP contribution in [0.2, 0.25) is 10.0 Å². The molecule has 0 radical (unpaired) electrons. The lowest BCUT2D eigenvalue weighted by atomic mass is 10.0. The standard InChI is InChI=1S/C25H23Cl2N3O3S2/c1-13(2)34-24-21(17-8-9-18(26)19(27)11-17)28-25(35-24)30-22(23(31)32)20(14(3)29-30)16-7-5-6-15(10-16)12-33-4/h5-11,13H,12H2,1-4H3,(H,31,32). The Hall–Kier alpha value is -2.36. The minimum Gasteiger partial charge on any atom is -0.476 e. The molecule has 0 spiro atoms. The second-order valence-electron chi connectivity index (χ2n) is 8.09. The first-order valence-corrected chi connectivity index (χ1v) is 13.2. The fraction of sp³-hybridized carbons (Fsp3) is 0.240. The van der Waals surface area contributed by atoms with Crippen molar-refractivity contribution in [1.82, 2.24) is 14.8 Å². The number of carbonyl (C=O) groups is 1. The van der Waals surface area contributed by atoms with Crippen LogP contribution in [0.15, 0.2) is 46.7 Å². The molecule has 0 saturated heterocycles. The average Bonchev–Trinajstić information content (AvgIpc) is 3.36. The van der Waals surface area contributed by atoms with Crippen LogP contribution in [0, 0.1) is 6.92 Å². The molecule has 0 unspecified atom stereocenters. The number of carboxylic acids is 1. The molecule has 0 aliphatic heterocycles. The molecule has 2 aromatic carbocycles. The van der Waals surface area contributed by atoms with Crippen LogP contribution in [-0.4, -0.2) is 38.2 Å². The maximum absolute atomic E-state index is 12.5. The molecule has 6 nitrogen and oxygen atoms in total. The first kappa shape index (κ1) is 25.7. The van der Waals surface area contributed by atoms with Gasteiger partial charge in [-0.2, -0.15) is 9.78 Å². The highest BCUT2D eigenvalue weighted by atomic mass is 35.5. The van der Waals surface area contributed by atoms with Crippen LogP contribution in [0.5, 0.6) is 0 Å². The van der Waals surface area contributed by atoms with Crippen molar-refractivity contribution in [2.45, 2.75) is 36.8 Å². The third kappa shape index (κ3) is 5.42. The van der Waals surface area contributed by atoms with Crippen LogP contribution in [0.4, 0.5) is 0 Å². The fourth-order valence-corrected chi connectivity index (χ4v) is 6.47. The summed E-state index contributed by atoms with van der Waals surface area (Å²) in [5.41, 5.74) is 4.45. The van der Waals surface area contributed by atoms with E-state index in [0.717, 1.165) is 26.6 Å². The zero-order valence-electron chi connectivity index (χ0n) is 19.5. The van der Waals surface area contributed by atoms with E-state index < -0.39 is 5.97 Å². The topological polar surface area (TPSA) is 77.2 Å². The van der Waals surface area contributed by atoms with E-state index in [4.69, 9.17) is 32.9 Å². The number of nitrogens with zero attached hydrogens (tertiary/aromatic N) is 3. The van der Waals surface area contributed by atoms with Crippen molar-refractivity contribution in [3.8, 4) is 27.5 Å². The Morgan fingerprint density at radius 3 is 2.60 bits per heavy atom. The molecule has 182 valence electrons. The number of thioether (sulfide) groups is 1. The lowest BCUT2D eigenvalue weighted by Gasteiger charge is -2.06. The van der Waals surface area contributed by atoms with Crippen molar-refractivity contribution < 1.29 is 14.6 Å². The molecule has 0 aliphatic rings. The van der Waals surface area contributed by atoms with E-state index in [0.29, 0.717) is 38.3 Å². The van der Waals surface area contributed by atoms with Crippen molar-refractivity contribution in [3.05, 3.63) is 69.5 Å². The van der Waals surface area contributed by atoms with Crippen molar-refractivity contribution in [1.29, 1.82) is 0 Å². The van der Waals surface area contributed by atoms with E-state index in [-0.39, 0.29) is 5.69 Å². The zero-order chi connectivity index (χ0) is 25.3. The predicted octanol–water partition coefficient (Wildman–Crippen LogP) is 7.62. The molecule has 2 heterocycles. The third-order valence-electron chi connectivity index (χ3n) is 5.09. The number of thiazole rings is 1. The Labute approximate surface area is 221 Å². The van der Waals surface area contributed by atoms with E-state index in [1.807, 2.05) is 30.3 Å². The molecule has 10 heteroatoms. The normalized spacial score (nSPS) is 11.4. The largest absolute Gasteiger partial charge is 0.476 e. The van der Waals surface area contributed by atoms with Gasteiger partial charge in [0, 0.05) is 23.5 Å². The number of aromatic carboxylic acids is 1. The van der Waals surface area contributed by atoms with Gasteiger partial charge in [-0.1, -0.05) is 72.7 Å². The maximum Gasteiger partial charge on any atom is 0.355 e. The Bertz CT molecular complexity index is 1400. The number of aromatic nitrogens is 3. The summed E-state index contributed by atoms with van der Waals surface area (Å²) in [4.78, 5) is 17.3. The predicted molar refractivity (Wildman–Crippen MR) is 144 cm³/mol. The smallest absolute Gasteiger partial charge is 0.355 e. The summed E-state index contributed by atoms with van der Waals surface area (Å²) in [6.45, 7) is 6.42. The Kier molecular flexibility index (Phi) is 7.88. The van der Waals surface area contributed by atoms with E-state index >= 15 is 0 Å². The molecule has 4 rings (SSSR count). The van der Waals surface area contributed by atoms with Gasteiger partial charge in [0.15, 0.2) is 5.69 Å². The molecular formula is C25H23Cl2N3O3S2. The van der Waals surface area contributed by atoms with Crippen molar-refractivity contribution in [2.24, 2.45) is 0 Å². The second-order valence-corrected chi connectivity index (χ2v) is 11.7. The second kappa shape index (κ2) is 10.7. The number of carboxylic acid groups (broad SMARTS) is 1. The molecule has 0 atom stereocenters. The first-order chi connectivity index (χ1) is 16.7. The van der Waals surface area contributed by atoms with Gasteiger partial charge >= 0.3 is 5.97 Å². The third-order valence-corrected chi connectivity index (χ3v) is 8.07. The average molecular weight is 549 g/mol. The molecule has 0 aliphatic carbocycles. The Balaban J connectivity index is 1.89. The molecule has 1 N–H and O–H groups in total. The van der Waals surface area contributed by atoms with Gasteiger partial charge in [0.25, 0.3) is 0 Å². The number of benzene rings is 2. The van der Waals surface area contributed by atoms with Crippen LogP contribution in [0.3, 0.4) is 0 Å². The van der Waals surface area contributed by atoms with Crippen molar-refractivity contribution in [3.63, 3.8) is 0 Å². The number of ether oxygens (including phenoxy) is 1. The monoisotopic (exact) mass is 547 g/mol. The van der Waals surface area contributed by atoms with E-state index in [2.05, 4.69) is 18.9 Å². The highest BCUT2D eigenvalue weighted by Crippen LogP contribution is 2.42. The summed E-state index contributed by atoms with van der Waals surface area (Å²) in [5.74, 6) is -1.08. The fourth-order valence-electron chi connectivity index (χ4n) is 3.70. The van der Waals surface area contributed by atoms with E-state index in [9.17, 15) is 9.90 Å². The summed E-state index contributed by atoms with van der Waals surface area (Å²) in [6, 6.07) is 13.0. The number of hydrogen-bond acceptors (Lipinski definition) is 6. The van der Waals surface area contributed by atoms with Gasteiger partial charge in [0.05, 0.1) is 32.2 Å². The minimum atomic E-state index is -1.08. The first-order valence-electron chi connectivity index (χ1n) is 10.7. The summed E-state index contributed by atoms with van der Waals surface area (Å²) >= 11 is 15.4. The van der Waals surface area contributed by atoms with Crippen LogP contribution < -0.4 is 0 Å². The lowest BCUT2D eigenvalue weighted by molar-refractivity contribution is 0.0688. The molecule has 2 aromatic heterocycles. The molecule has 35 heavy (non-hydrogen) atoms. The summed E-state index contributed by atoms with van der Waals surface area (Å²) < 4.78 is 7.61. The number of hydrogen-bond donors (Lipinski definition) is 1. The van der Waals surface area contributed by atoms with Gasteiger partial charge in [-0.3, -0.25) is 0 Å². The molecular weight excluding hydrogens is 525 g/mol. The van der Waals surface area contributed by atoms with Crippen LogP contribution in [-0.2, 0) is 11.3 Å². The SMILES string of the molecule is COCc1cccc(-c2c(C)nn(-c3nc(-c4ccc(Cl)c(Cl)c4)c(SC(C)C)s3)c2C(=O)O)c1. The molecule has 0 amide bonds. The highest BCUT2D eigenvalue weighted by molar-refractivity contribution is 8.01. The van der Waals surface area contributed by atoms with Crippen molar-refractivity contribution >= 4 is 52.3 Å². The summed E-state index contributed by atoms with van der Waals surface area (Å²) in [6.07, 6.45) is 0. The lowest BCUT2D eigenvalue weighted by Crippen LogP contribution is -2.09. The number of aryl methyl sites for hydroxylation is 1. The molecule has 0 bridgehead atoms. The molecule has 0 fully saturated rings. The minimum absolute atomic E-state index is 0.0626. The van der Waals surface area contributed by atoms with Gasteiger partial charge in [-0.15, -0.1) is 11.8 Å². The highest BCUT2D eigenvalue weighted by Gasteiger charge is 2.27. The van der Waals surface area contributed by atoms with Crippen molar-refractivity contribution in [2.75, 3.05) is 7.11 Å².